The summed E-state index contributed by atoms with van der Waals surface area (Å²) in [6, 6.07) is 5.51. The molecule has 1 saturated heterocycles. The molecule has 5 heteroatoms. The minimum absolute atomic E-state index is 0.0464. The van der Waals surface area contributed by atoms with Gasteiger partial charge in [-0.2, -0.15) is 0 Å². The predicted octanol–water partition coefficient (Wildman–Crippen LogP) is 1.27. The molecule has 2 unspecified atom stereocenters. The van der Waals surface area contributed by atoms with Crippen molar-refractivity contribution >= 4 is 5.91 Å². The summed E-state index contributed by atoms with van der Waals surface area (Å²) in [5.74, 6) is 1.81. The highest BCUT2D eigenvalue weighted by atomic mass is 16.6. The molecular weight excluding hydrogens is 256 g/mol. The molecule has 0 spiro atoms. The van der Waals surface area contributed by atoms with Gasteiger partial charge >= 0.3 is 0 Å². The van der Waals surface area contributed by atoms with E-state index in [-0.39, 0.29) is 11.9 Å². The number of ether oxygens (including phenoxy) is 2. The van der Waals surface area contributed by atoms with Gasteiger partial charge in [0.2, 0.25) is 0 Å². The highest BCUT2D eigenvalue weighted by Crippen LogP contribution is 2.31. The van der Waals surface area contributed by atoms with Crippen LogP contribution in [0.15, 0.2) is 18.2 Å². The summed E-state index contributed by atoms with van der Waals surface area (Å²) >= 11 is 0. The normalized spacial score (nSPS) is 22.7. The van der Waals surface area contributed by atoms with Gasteiger partial charge in [0.25, 0.3) is 5.91 Å². The van der Waals surface area contributed by atoms with Gasteiger partial charge in [0, 0.05) is 24.7 Å². The molecular formula is C15H20N2O3. The zero-order chi connectivity index (χ0) is 14.1. The van der Waals surface area contributed by atoms with Gasteiger partial charge in [-0.3, -0.25) is 4.79 Å². The molecule has 0 saturated carbocycles. The van der Waals surface area contributed by atoms with E-state index >= 15 is 0 Å². The number of amides is 1. The Balaban J connectivity index is 1.74. The number of benzene rings is 1. The van der Waals surface area contributed by atoms with E-state index in [0.29, 0.717) is 36.2 Å². The van der Waals surface area contributed by atoms with Gasteiger partial charge in [0.05, 0.1) is 0 Å². The molecule has 2 atom stereocenters. The lowest BCUT2D eigenvalue weighted by Gasteiger charge is -2.21. The Kier molecular flexibility index (Phi) is 3.53. The van der Waals surface area contributed by atoms with Crippen LogP contribution in [0.25, 0.3) is 0 Å². The number of nitrogens with two attached hydrogens (primary N) is 1. The molecule has 1 amide bonds. The third kappa shape index (κ3) is 2.45. The number of fused-ring (bicyclic) bond motifs is 1. The maximum Gasteiger partial charge on any atom is 0.254 e. The van der Waals surface area contributed by atoms with Crippen molar-refractivity contribution in [3.63, 3.8) is 0 Å². The molecule has 0 aliphatic carbocycles. The molecule has 2 heterocycles. The van der Waals surface area contributed by atoms with Crippen LogP contribution in [0.3, 0.4) is 0 Å². The van der Waals surface area contributed by atoms with E-state index in [1.807, 2.05) is 11.8 Å². The van der Waals surface area contributed by atoms with Crippen LogP contribution in [-0.4, -0.2) is 43.2 Å². The lowest BCUT2D eigenvalue weighted by atomic mass is 10.0. The second-order valence-electron chi connectivity index (χ2n) is 5.52. The lowest BCUT2D eigenvalue weighted by molar-refractivity contribution is 0.0785. The van der Waals surface area contributed by atoms with Crippen LogP contribution in [0.2, 0.25) is 0 Å². The quantitative estimate of drug-likeness (QED) is 0.883. The number of rotatable bonds is 2. The summed E-state index contributed by atoms with van der Waals surface area (Å²) in [5, 5.41) is 0. The summed E-state index contributed by atoms with van der Waals surface area (Å²) < 4.78 is 11.0. The maximum absolute atomic E-state index is 12.5. The van der Waals surface area contributed by atoms with Gasteiger partial charge in [-0.1, -0.05) is 0 Å². The fourth-order valence-corrected chi connectivity index (χ4v) is 2.76. The van der Waals surface area contributed by atoms with Crippen LogP contribution in [-0.2, 0) is 0 Å². The standard InChI is InChI=1S/C15H20N2O3/c1-10(16)12-4-5-17(9-12)15(18)11-2-3-13-14(8-11)20-7-6-19-13/h2-3,8,10,12H,4-7,9,16H2,1H3. The number of hydrogen-bond acceptors (Lipinski definition) is 4. The molecule has 2 aliphatic rings. The third-order valence-corrected chi connectivity index (χ3v) is 4.04. The van der Waals surface area contributed by atoms with Gasteiger partial charge in [0.15, 0.2) is 11.5 Å². The topological polar surface area (TPSA) is 64.8 Å². The van der Waals surface area contributed by atoms with Crippen molar-refractivity contribution in [3.05, 3.63) is 23.8 Å². The van der Waals surface area contributed by atoms with E-state index in [4.69, 9.17) is 15.2 Å². The second-order valence-corrected chi connectivity index (χ2v) is 5.52. The van der Waals surface area contributed by atoms with Gasteiger partial charge < -0.3 is 20.1 Å². The minimum Gasteiger partial charge on any atom is -0.486 e. The Hall–Kier alpha value is -1.75. The Bertz CT molecular complexity index is 516. The van der Waals surface area contributed by atoms with Gasteiger partial charge in [-0.25, -0.2) is 0 Å². The summed E-state index contributed by atoms with van der Waals surface area (Å²) in [7, 11) is 0. The van der Waals surface area contributed by atoms with Crippen LogP contribution in [0.1, 0.15) is 23.7 Å². The van der Waals surface area contributed by atoms with E-state index < -0.39 is 0 Å². The van der Waals surface area contributed by atoms with E-state index in [2.05, 4.69) is 0 Å². The van der Waals surface area contributed by atoms with Gasteiger partial charge in [-0.05, 0) is 37.5 Å². The molecule has 1 aromatic carbocycles. The van der Waals surface area contributed by atoms with Crippen LogP contribution in [0, 0.1) is 5.92 Å². The van der Waals surface area contributed by atoms with Crippen molar-refractivity contribution in [1.82, 2.24) is 4.90 Å². The Morgan fingerprint density at radius 1 is 1.35 bits per heavy atom. The lowest BCUT2D eigenvalue weighted by Crippen LogP contribution is -2.33. The molecule has 3 rings (SSSR count). The second kappa shape index (κ2) is 5.32. The largest absolute Gasteiger partial charge is 0.486 e. The Morgan fingerprint density at radius 2 is 2.10 bits per heavy atom. The highest BCUT2D eigenvalue weighted by Gasteiger charge is 2.29. The predicted molar refractivity (Wildman–Crippen MR) is 75.1 cm³/mol. The molecule has 1 fully saturated rings. The van der Waals surface area contributed by atoms with E-state index in [0.717, 1.165) is 19.5 Å². The number of carbonyl (C=O) groups is 1. The number of carbonyl (C=O) groups excluding carboxylic acids is 1. The molecule has 20 heavy (non-hydrogen) atoms. The number of nitrogens with zero attached hydrogens (tertiary/aromatic N) is 1. The van der Waals surface area contributed by atoms with Crippen molar-refractivity contribution in [2.45, 2.75) is 19.4 Å². The van der Waals surface area contributed by atoms with E-state index in [9.17, 15) is 4.79 Å². The van der Waals surface area contributed by atoms with E-state index in [1.54, 1.807) is 18.2 Å². The van der Waals surface area contributed by atoms with Crippen LogP contribution in [0.5, 0.6) is 11.5 Å². The molecule has 5 nitrogen and oxygen atoms in total. The first kappa shape index (κ1) is 13.2. The van der Waals surface area contributed by atoms with Crippen LogP contribution in [0.4, 0.5) is 0 Å². The molecule has 2 aliphatic heterocycles. The maximum atomic E-state index is 12.5. The summed E-state index contributed by atoms with van der Waals surface area (Å²) in [5.41, 5.74) is 6.57. The summed E-state index contributed by atoms with van der Waals surface area (Å²) in [4.78, 5) is 14.4. The zero-order valence-corrected chi connectivity index (χ0v) is 11.7. The molecule has 0 radical (unpaired) electrons. The average molecular weight is 276 g/mol. The van der Waals surface area contributed by atoms with Crippen LogP contribution >= 0.6 is 0 Å². The number of likely N-dealkylation sites (tertiary alicyclic amines) is 1. The molecule has 1 aromatic rings. The molecule has 108 valence electrons. The Morgan fingerprint density at radius 3 is 2.80 bits per heavy atom. The molecule has 0 bridgehead atoms. The Labute approximate surface area is 118 Å². The summed E-state index contributed by atoms with van der Waals surface area (Å²) in [6.45, 7) is 4.61. The van der Waals surface area contributed by atoms with Crippen molar-refractivity contribution in [2.24, 2.45) is 11.7 Å². The smallest absolute Gasteiger partial charge is 0.254 e. The molecule has 2 N–H and O–H groups in total. The van der Waals surface area contributed by atoms with Crippen molar-refractivity contribution in [3.8, 4) is 11.5 Å². The first-order chi connectivity index (χ1) is 9.65. The fraction of sp³-hybridized carbons (Fsp3) is 0.533. The van der Waals surface area contributed by atoms with Crippen molar-refractivity contribution < 1.29 is 14.3 Å². The molecule has 0 aromatic heterocycles. The summed E-state index contributed by atoms with van der Waals surface area (Å²) in [6.07, 6.45) is 0.980. The first-order valence-corrected chi connectivity index (χ1v) is 7.09. The van der Waals surface area contributed by atoms with Gasteiger partial charge in [-0.15, -0.1) is 0 Å². The van der Waals surface area contributed by atoms with E-state index in [1.165, 1.54) is 0 Å². The third-order valence-electron chi connectivity index (χ3n) is 4.04. The fourth-order valence-electron chi connectivity index (χ4n) is 2.76. The minimum atomic E-state index is 0.0464. The average Bonchev–Trinajstić information content (AvgIpc) is 2.96. The number of hydrogen-bond donors (Lipinski definition) is 1. The van der Waals surface area contributed by atoms with Crippen LogP contribution < -0.4 is 15.2 Å². The zero-order valence-electron chi connectivity index (χ0n) is 11.7. The monoisotopic (exact) mass is 276 g/mol. The SMILES string of the molecule is CC(N)C1CCN(C(=O)c2ccc3c(c2)OCCO3)C1. The van der Waals surface area contributed by atoms with Crippen molar-refractivity contribution in [1.29, 1.82) is 0 Å². The highest BCUT2D eigenvalue weighted by molar-refractivity contribution is 5.95. The van der Waals surface area contributed by atoms with Gasteiger partial charge in [0.1, 0.15) is 13.2 Å². The van der Waals surface area contributed by atoms with Crippen molar-refractivity contribution in [2.75, 3.05) is 26.3 Å². The first-order valence-electron chi connectivity index (χ1n) is 7.09.